The van der Waals surface area contributed by atoms with Crippen molar-refractivity contribution >= 4 is 51.7 Å². The average molecular weight is 341 g/mol. The van der Waals surface area contributed by atoms with Gasteiger partial charge in [-0.05, 0) is 47.0 Å². The van der Waals surface area contributed by atoms with Gasteiger partial charge in [-0.15, -0.1) is 0 Å². The molecule has 1 rings (SSSR count). The molecule has 0 saturated heterocycles. The second-order valence-electron chi connectivity index (χ2n) is 2.79. The number of benzene rings is 1. The van der Waals surface area contributed by atoms with Gasteiger partial charge in [-0.1, -0.05) is 11.6 Å². The normalized spacial score (nSPS) is 10.2. The van der Waals surface area contributed by atoms with E-state index in [1.807, 2.05) is 12.3 Å². The van der Waals surface area contributed by atoms with E-state index in [9.17, 15) is 4.79 Å². The van der Waals surface area contributed by atoms with E-state index in [1.165, 1.54) is 0 Å². The van der Waals surface area contributed by atoms with Crippen molar-refractivity contribution in [3.8, 4) is 0 Å². The van der Waals surface area contributed by atoms with Crippen molar-refractivity contribution in [1.29, 1.82) is 0 Å². The first kappa shape index (κ1) is 12.3. The molecule has 0 aliphatic rings. The fourth-order valence-electron chi connectivity index (χ4n) is 1.04. The lowest BCUT2D eigenvalue weighted by Crippen LogP contribution is -2.02. The number of thioether (sulfide) groups is 1. The van der Waals surface area contributed by atoms with Gasteiger partial charge in [0.1, 0.15) is 0 Å². The molecule has 0 radical (unpaired) electrons. The summed E-state index contributed by atoms with van der Waals surface area (Å²) in [4.78, 5) is 11.7. The number of Topliss-reactive ketones (excluding diaryl/α,β-unsaturated/α-hetero) is 1. The highest BCUT2D eigenvalue weighted by Crippen LogP contribution is 2.19. The summed E-state index contributed by atoms with van der Waals surface area (Å²) in [7, 11) is 0. The second kappa shape index (κ2) is 5.98. The van der Waals surface area contributed by atoms with Crippen LogP contribution >= 0.6 is 46.0 Å². The first-order valence-corrected chi connectivity index (χ1v) is 6.97. The third-order valence-electron chi connectivity index (χ3n) is 1.76. The van der Waals surface area contributed by atoms with Gasteiger partial charge in [-0.25, -0.2) is 0 Å². The predicted octanol–water partition coefficient (Wildman–Crippen LogP) is 3.88. The molecule has 0 fully saturated rings. The van der Waals surface area contributed by atoms with Crippen LogP contribution in [0.2, 0.25) is 5.02 Å². The molecule has 4 heteroatoms. The molecule has 0 amide bonds. The molecule has 0 aliphatic heterocycles. The number of carbonyl (C=O) groups excluding carboxylic acids is 1. The molecule has 0 aromatic heterocycles. The third kappa shape index (κ3) is 3.44. The molecule has 1 aromatic carbocycles. The molecule has 0 unspecified atom stereocenters. The van der Waals surface area contributed by atoms with Gasteiger partial charge in [-0.3, -0.25) is 4.79 Å². The number of rotatable bonds is 4. The zero-order valence-electron chi connectivity index (χ0n) is 7.72. The Morgan fingerprint density at radius 1 is 1.57 bits per heavy atom. The standard InChI is InChI=1S/C10H10ClIOS/c1-14-5-4-10(13)8-6-7(11)2-3-9(8)12/h2-3,6H,4-5H2,1H3. The maximum Gasteiger partial charge on any atom is 0.164 e. The summed E-state index contributed by atoms with van der Waals surface area (Å²) in [5.74, 6) is 1.03. The first-order valence-electron chi connectivity index (χ1n) is 4.12. The highest BCUT2D eigenvalue weighted by molar-refractivity contribution is 14.1. The minimum Gasteiger partial charge on any atom is -0.294 e. The Bertz CT molecular complexity index is 341. The van der Waals surface area contributed by atoms with Gasteiger partial charge in [0, 0.05) is 26.3 Å². The van der Waals surface area contributed by atoms with E-state index < -0.39 is 0 Å². The van der Waals surface area contributed by atoms with E-state index in [4.69, 9.17) is 11.6 Å². The number of ketones is 1. The Morgan fingerprint density at radius 3 is 2.93 bits per heavy atom. The summed E-state index contributed by atoms with van der Waals surface area (Å²) in [6, 6.07) is 5.41. The molecule has 0 spiro atoms. The lowest BCUT2D eigenvalue weighted by Gasteiger charge is -2.03. The highest BCUT2D eigenvalue weighted by atomic mass is 127. The summed E-state index contributed by atoms with van der Waals surface area (Å²) >= 11 is 9.67. The van der Waals surface area contributed by atoms with Gasteiger partial charge >= 0.3 is 0 Å². The molecule has 0 aliphatic carbocycles. The lowest BCUT2D eigenvalue weighted by molar-refractivity contribution is 0.0988. The number of hydrogen-bond donors (Lipinski definition) is 0. The first-order chi connectivity index (χ1) is 6.65. The SMILES string of the molecule is CSCCC(=O)c1cc(Cl)ccc1I. The molecule has 0 atom stereocenters. The van der Waals surface area contributed by atoms with Crippen LogP contribution in [0.4, 0.5) is 0 Å². The van der Waals surface area contributed by atoms with Crippen LogP contribution in [0.3, 0.4) is 0 Å². The van der Waals surface area contributed by atoms with Crippen LogP contribution < -0.4 is 0 Å². The average Bonchev–Trinajstić information content (AvgIpc) is 2.18. The van der Waals surface area contributed by atoms with E-state index in [2.05, 4.69) is 22.6 Å². The minimum atomic E-state index is 0.172. The summed E-state index contributed by atoms with van der Waals surface area (Å²) in [6.07, 6.45) is 2.58. The molecular formula is C10H10ClIOS. The maximum atomic E-state index is 11.7. The van der Waals surface area contributed by atoms with Crippen molar-refractivity contribution in [2.45, 2.75) is 6.42 Å². The quantitative estimate of drug-likeness (QED) is 0.611. The molecule has 14 heavy (non-hydrogen) atoms. The van der Waals surface area contributed by atoms with E-state index in [1.54, 1.807) is 23.9 Å². The van der Waals surface area contributed by atoms with Crippen molar-refractivity contribution in [1.82, 2.24) is 0 Å². The zero-order valence-corrected chi connectivity index (χ0v) is 11.4. The van der Waals surface area contributed by atoms with Gasteiger partial charge in [0.05, 0.1) is 0 Å². The van der Waals surface area contributed by atoms with Crippen LogP contribution in [0.15, 0.2) is 18.2 Å². The van der Waals surface area contributed by atoms with E-state index in [0.717, 1.165) is 14.9 Å². The monoisotopic (exact) mass is 340 g/mol. The predicted molar refractivity (Wildman–Crippen MR) is 71.5 cm³/mol. The van der Waals surface area contributed by atoms with Crippen LogP contribution in [-0.4, -0.2) is 17.8 Å². The van der Waals surface area contributed by atoms with Crippen LogP contribution in [0, 0.1) is 3.57 Å². The smallest absolute Gasteiger partial charge is 0.164 e. The van der Waals surface area contributed by atoms with Crippen LogP contribution in [0.1, 0.15) is 16.8 Å². The molecule has 1 aromatic rings. The third-order valence-corrected chi connectivity index (χ3v) is 3.55. The number of carbonyl (C=O) groups is 1. The Hall–Kier alpha value is 0.260. The van der Waals surface area contributed by atoms with Gasteiger partial charge in [-0.2, -0.15) is 11.8 Å². The van der Waals surface area contributed by atoms with Crippen molar-refractivity contribution in [2.75, 3.05) is 12.0 Å². The Labute approximate surface area is 107 Å². The van der Waals surface area contributed by atoms with E-state index in [-0.39, 0.29) is 5.78 Å². The molecule has 0 bridgehead atoms. The molecule has 76 valence electrons. The summed E-state index contributed by atoms with van der Waals surface area (Å²) in [5, 5.41) is 0.623. The van der Waals surface area contributed by atoms with Crippen molar-refractivity contribution in [3.63, 3.8) is 0 Å². The van der Waals surface area contributed by atoms with Gasteiger partial charge in [0.25, 0.3) is 0 Å². The number of hydrogen-bond acceptors (Lipinski definition) is 2. The largest absolute Gasteiger partial charge is 0.294 e. The summed E-state index contributed by atoms with van der Waals surface area (Å²) in [6.45, 7) is 0. The van der Waals surface area contributed by atoms with Crippen LogP contribution in [-0.2, 0) is 0 Å². The minimum absolute atomic E-state index is 0.172. The van der Waals surface area contributed by atoms with Crippen LogP contribution in [0.25, 0.3) is 0 Å². The van der Waals surface area contributed by atoms with Crippen molar-refractivity contribution < 1.29 is 4.79 Å². The molecule has 1 nitrogen and oxygen atoms in total. The van der Waals surface area contributed by atoms with Gasteiger partial charge in [0.15, 0.2) is 5.78 Å². The van der Waals surface area contributed by atoms with Crippen LogP contribution in [0.5, 0.6) is 0 Å². The molecular weight excluding hydrogens is 331 g/mol. The van der Waals surface area contributed by atoms with E-state index in [0.29, 0.717) is 11.4 Å². The topological polar surface area (TPSA) is 17.1 Å². The van der Waals surface area contributed by atoms with Gasteiger partial charge in [0.2, 0.25) is 0 Å². The number of halogens is 2. The fraction of sp³-hybridized carbons (Fsp3) is 0.300. The summed E-state index contributed by atoms with van der Waals surface area (Å²) in [5.41, 5.74) is 0.743. The molecule has 0 heterocycles. The van der Waals surface area contributed by atoms with E-state index >= 15 is 0 Å². The van der Waals surface area contributed by atoms with Crippen molar-refractivity contribution in [3.05, 3.63) is 32.4 Å². The summed E-state index contributed by atoms with van der Waals surface area (Å²) < 4.78 is 0.970. The fourth-order valence-corrected chi connectivity index (χ4v) is 2.24. The van der Waals surface area contributed by atoms with Crippen molar-refractivity contribution in [2.24, 2.45) is 0 Å². The Morgan fingerprint density at radius 2 is 2.29 bits per heavy atom. The Kier molecular flexibility index (Phi) is 5.26. The van der Waals surface area contributed by atoms with Gasteiger partial charge < -0.3 is 0 Å². The maximum absolute atomic E-state index is 11.7. The second-order valence-corrected chi connectivity index (χ2v) is 5.37. The lowest BCUT2D eigenvalue weighted by atomic mass is 10.1. The molecule has 0 N–H and O–H groups in total. The Balaban J connectivity index is 2.83. The zero-order chi connectivity index (χ0) is 10.6. The highest BCUT2D eigenvalue weighted by Gasteiger charge is 2.09. The molecule has 0 saturated carbocycles.